The van der Waals surface area contributed by atoms with Crippen molar-refractivity contribution in [2.75, 3.05) is 11.9 Å². The average Bonchev–Trinajstić information content (AvgIpc) is 2.41. The van der Waals surface area contributed by atoms with Gasteiger partial charge in [0.25, 0.3) is 5.69 Å². The predicted octanol–water partition coefficient (Wildman–Crippen LogP) is 1.82. The van der Waals surface area contributed by atoms with Gasteiger partial charge < -0.3 is 10.6 Å². The van der Waals surface area contributed by atoms with Gasteiger partial charge >= 0.3 is 0 Å². The molecule has 0 spiro atoms. The lowest BCUT2D eigenvalue weighted by molar-refractivity contribution is -0.384. The third-order valence-corrected chi connectivity index (χ3v) is 3.54. The number of nitrogens with zero attached hydrogens (tertiary/aromatic N) is 1. The second-order valence-corrected chi connectivity index (χ2v) is 5.36. The molecule has 0 radical (unpaired) electrons. The summed E-state index contributed by atoms with van der Waals surface area (Å²) in [5.74, 6) is -0.768. The summed E-state index contributed by atoms with van der Waals surface area (Å²) in [5, 5.41) is 16.1. The molecule has 1 aliphatic rings. The second kappa shape index (κ2) is 6.00. The lowest BCUT2D eigenvalue weighted by atomic mass is 9.98. The molecular formula is C12H12BrN3O4. The van der Waals surface area contributed by atoms with E-state index in [1.807, 2.05) is 0 Å². The van der Waals surface area contributed by atoms with Gasteiger partial charge in [-0.3, -0.25) is 19.7 Å². The number of anilines is 1. The summed E-state index contributed by atoms with van der Waals surface area (Å²) in [6.07, 6.45) is 0.739. The molecule has 1 aliphatic heterocycles. The Balaban J connectivity index is 2.11. The minimum Gasteiger partial charge on any atom is -0.355 e. The number of hydrogen-bond acceptors (Lipinski definition) is 4. The highest BCUT2D eigenvalue weighted by Gasteiger charge is 2.26. The van der Waals surface area contributed by atoms with Gasteiger partial charge in [0.15, 0.2) is 0 Å². The van der Waals surface area contributed by atoms with Crippen LogP contribution in [0.25, 0.3) is 0 Å². The van der Waals surface area contributed by atoms with Crippen LogP contribution in [0.3, 0.4) is 0 Å². The Hall–Kier alpha value is -1.96. The zero-order valence-electron chi connectivity index (χ0n) is 10.4. The number of amides is 2. The van der Waals surface area contributed by atoms with Crippen LogP contribution in [0.4, 0.5) is 11.4 Å². The van der Waals surface area contributed by atoms with Crippen LogP contribution < -0.4 is 10.6 Å². The highest BCUT2D eigenvalue weighted by molar-refractivity contribution is 9.10. The maximum Gasteiger partial charge on any atom is 0.293 e. The van der Waals surface area contributed by atoms with Crippen LogP contribution >= 0.6 is 15.9 Å². The Kier molecular flexibility index (Phi) is 4.33. The van der Waals surface area contributed by atoms with Crippen LogP contribution in [-0.4, -0.2) is 23.3 Å². The molecule has 1 aromatic carbocycles. The van der Waals surface area contributed by atoms with E-state index in [9.17, 15) is 19.7 Å². The summed E-state index contributed by atoms with van der Waals surface area (Å²) in [6, 6.07) is 4.42. The fourth-order valence-corrected chi connectivity index (χ4v) is 2.30. The number of hydrogen-bond donors (Lipinski definition) is 2. The van der Waals surface area contributed by atoms with Crippen molar-refractivity contribution >= 4 is 39.1 Å². The Morgan fingerprint density at radius 1 is 1.50 bits per heavy atom. The lowest BCUT2D eigenvalue weighted by Crippen LogP contribution is -2.40. The molecule has 1 heterocycles. The van der Waals surface area contributed by atoms with Gasteiger partial charge in [-0.25, -0.2) is 0 Å². The second-order valence-electron chi connectivity index (χ2n) is 4.45. The smallest absolute Gasteiger partial charge is 0.293 e. The molecule has 1 fully saturated rings. The number of rotatable bonds is 3. The number of halogens is 1. The van der Waals surface area contributed by atoms with Crippen LogP contribution in [0.15, 0.2) is 22.7 Å². The van der Waals surface area contributed by atoms with Gasteiger partial charge in [0, 0.05) is 23.5 Å². The molecule has 0 aliphatic carbocycles. The topological polar surface area (TPSA) is 101 Å². The van der Waals surface area contributed by atoms with Gasteiger partial charge in [-0.1, -0.05) is 15.9 Å². The van der Waals surface area contributed by atoms with Crippen molar-refractivity contribution < 1.29 is 14.5 Å². The summed E-state index contributed by atoms with van der Waals surface area (Å²) < 4.78 is 0.562. The molecule has 106 valence electrons. The molecule has 1 atom stereocenters. The molecule has 2 amide bonds. The van der Waals surface area contributed by atoms with Crippen LogP contribution in [0, 0.1) is 16.0 Å². The first-order chi connectivity index (χ1) is 9.47. The maximum absolute atomic E-state index is 12.0. The number of nitrogens with one attached hydrogen (secondary N) is 2. The molecule has 1 aromatic rings. The van der Waals surface area contributed by atoms with Crippen molar-refractivity contribution in [2.24, 2.45) is 5.92 Å². The molecule has 20 heavy (non-hydrogen) atoms. The number of carbonyl (C=O) groups is 2. The van der Waals surface area contributed by atoms with Gasteiger partial charge in [-0.15, -0.1) is 0 Å². The van der Waals surface area contributed by atoms with E-state index in [1.54, 1.807) is 6.07 Å². The van der Waals surface area contributed by atoms with Gasteiger partial charge in [-0.2, -0.15) is 0 Å². The fourth-order valence-electron chi connectivity index (χ4n) is 1.95. The summed E-state index contributed by atoms with van der Waals surface area (Å²) in [4.78, 5) is 33.5. The third-order valence-electron chi connectivity index (χ3n) is 3.05. The van der Waals surface area contributed by atoms with E-state index in [4.69, 9.17) is 0 Å². The Bertz CT molecular complexity index is 566. The molecule has 2 rings (SSSR count). The first-order valence-electron chi connectivity index (χ1n) is 5.99. The standard InChI is InChI=1S/C12H12BrN3O4/c13-8-2-3-9(10(5-8)16(19)20)15-12(18)7-1-4-11(17)14-6-7/h2-3,5,7H,1,4,6H2,(H,14,17)(H,15,18). The zero-order chi connectivity index (χ0) is 14.7. The Morgan fingerprint density at radius 2 is 2.25 bits per heavy atom. The van der Waals surface area contributed by atoms with Gasteiger partial charge in [0.1, 0.15) is 5.69 Å². The van der Waals surface area contributed by atoms with E-state index in [2.05, 4.69) is 26.6 Å². The van der Waals surface area contributed by atoms with Crippen LogP contribution in [0.2, 0.25) is 0 Å². The molecule has 8 heteroatoms. The number of nitro benzene ring substituents is 1. The molecular weight excluding hydrogens is 330 g/mol. The summed E-state index contributed by atoms with van der Waals surface area (Å²) in [5.41, 5.74) is -0.0207. The zero-order valence-corrected chi connectivity index (χ0v) is 12.0. The molecule has 1 unspecified atom stereocenters. The molecule has 1 saturated heterocycles. The van der Waals surface area contributed by atoms with E-state index >= 15 is 0 Å². The third kappa shape index (κ3) is 3.32. The van der Waals surface area contributed by atoms with Gasteiger partial charge in [0.05, 0.1) is 10.8 Å². The van der Waals surface area contributed by atoms with E-state index in [0.29, 0.717) is 17.3 Å². The van der Waals surface area contributed by atoms with Crippen molar-refractivity contribution in [3.8, 4) is 0 Å². The molecule has 7 nitrogen and oxygen atoms in total. The van der Waals surface area contributed by atoms with Gasteiger partial charge in [-0.05, 0) is 18.6 Å². The molecule has 0 bridgehead atoms. The SMILES string of the molecule is O=C1CCC(C(=O)Nc2ccc(Br)cc2[N+](=O)[O-])CN1. The summed E-state index contributed by atoms with van der Waals surface area (Å²) in [6.45, 7) is 0.259. The maximum atomic E-state index is 12.0. The first-order valence-corrected chi connectivity index (χ1v) is 6.78. The molecule has 0 aromatic heterocycles. The predicted molar refractivity (Wildman–Crippen MR) is 75.2 cm³/mol. The Morgan fingerprint density at radius 3 is 2.85 bits per heavy atom. The summed E-state index contributed by atoms with van der Waals surface area (Å²) in [7, 11) is 0. The van der Waals surface area contributed by atoms with Gasteiger partial charge in [0.2, 0.25) is 11.8 Å². The number of piperidine rings is 1. The van der Waals surface area contributed by atoms with E-state index in [0.717, 1.165) is 0 Å². The van der Waals surface area contributed by atoms with Crippen LogP contribution in [0.1, 0.15) is 12.8 Å². The largest absolute Gasteiger partial charge is 0.355 e. The van der Waals surface area contributed by atoms with Crippen LogP contribution in [0.5, 0.6) is 0 Å². The lowest BCUT2D eigenvalue weighted by Gasteiger charge is -2.21. The fraction of sp³-hybridized carbons (Fsp3) is 0.333. The first kappa shape index (κ1) is 14.4. The van der Waals surface area contributed by atoms with Crippen molar-refractivity contribution in [1.29, 1.82) is 0 Å². The van der Waals surface area contributed by atoms with E-state index in [-0.39, 0.29) is 35.7 Å². The van der Waals surface area contributed by atoms with E-state index in [1.165, 1.54) is 12.1 Å². The number of benzene rings is 1. The summed E-state index contributed by atoms with van der Waals surface area (Å²) >= 11 is 3.15. The minimum absolute atomic E-state index is 0.0799. The Labute approximate surface area is 123 Å². The highest BCUT2D eigenvalue weighted by atomic mass is 79.9. The highest BCUT2D eigenvalue weighted by Crippen LogP contribution is 2.28. The van der Waals surface area contributed by atoms with E-state index < -0.39 is 4.92 Å². The monoisotopic (exact) mass is 341 g/mol. The quantitative estimate of drug-likeness (QED) is 0.646. The molecule has 0 saturated carbocycles. The number of carbonyl (C=O) groups excluding carboxylic acids is 2. The van der Waals surface area contributed by atoms with Crippen molar-refractivity contribution in [1.82, 2.24) is 5.32 Å². The minimum atomic E-state index is -0.553. The number of nitro groups is 1. The van der Waals surface area contributed by atoms with Crippen molar-refractivity contribution in [2.45, 2.75) is 12.8 Å². The molecule has 2 N–H and O–H groups in total. The van der Waals surface area contributed by atoms with Crippen LogP contribution in [-0.2, 0) is 9.59 Å². The average molecular weight is 342 g/mol. The van der Waals surface area contributed by atoms with Crippen molar-refractivity contribution in [3.05, 3.63) is 32.8 Å². The van der Waals surface area contributed by atoms with Crippen molar-refractivity contribution in [3.63, 3.8) is 0 Å². The normalized spacial score (nSPS) is 18.2.